The third-order valence-corrected chi connectivity index (χ3v) is 3.66. The van der Waals surface area contributed by atoms with Gasteiger partial charge in [0, 0.05) is 0 Å². The average molecular weight is 303 g/mol. The van der Waals surface area contributed by atoms with Gasteiger partial charge in [-0.15, -0.1) is 0 Å². The highest BCUT2D eigenvalue weighted by molar-refractivity contribution is 5.75. The highest BCUT2D eigenvalue weighted by atomic mass is 35.5. The number of benzene rings is 2. The zero-order chi connectivity index (χ0) is 14.1. The molecule has 0 aliphatic heterocycles. The molecule has 2 aromatic carbocycles. The molecule has 3 nitrogen and oxygen atoms in total. The van der Waals surface area contributed by atoms with Crippen molar-refractivity contribution in [2.24, 2.45) is 14.1 Å². The summed E-state index contributed by atoms with van der Waals surface area (Å²) in [5.41, 5.74) is 3.66. The number of nitrogens with zero attached hydrogens (tertiary/aromatic N) is 2. The highest BCUT2D eigenvalue weighted by Crippen LogP contribution is 2.23. The summed E-state index contributed by atoms with van der Waals surface area (Å²) in [6.07, 6.45) is 0. The van der Waals surface area contributed by atoms with Crippen molar-refractivity contribution < 1.29 is 21.7 Å². The van der Waals surface area contributed by atoms with Gasteiger partial charge in [0.2, 0.25) is 0 Å². The number of ether oxygens (including phenoxy) is 1. The molecule has 3 rings (SSSR count). The molecule has 0 atom stereocenters. The quantitative estimate of drug-likeness (QED) is 0.626. The molecule has 0 fully saturated rings. The van der Waals surface area contributed by atoms with Crippen LogP contribution in [0, 0.1) is 0 Å². The van der Waals surface area contributed by atoms with E-state index in [4.69, 9.17) is 4.74 Å². The molecule has 0 radical (unpaired) electrons. The lowest BCUT2D eigenvalue weighted by molar-refractivity contribution is -0.634. The zero-order valence-electron chi connectivity index (χ0n) is 12.5. The smallest absolute Gasteiger partial charge is 0.289 e. The Morgan fingerprint density at radius 1 is 1.05 bits per heavy atom. The van der Waals surface area contributed by atoms with Crippen LogP contribution in [0.4, 0.5) is 0 Å². The Hall–Kier alpha value is -2.00. The molecule has 4 heteroatoms. The van der Waals surface area contributed by atoms with E-state index in [0.717, 1.165) is 5.75 Å². The van der Waals surface area contributed by atoms with E-state index >= 15 is 0 Å². The maximum absolute atomic E-state index is 5.50. The van der Waals surface area contributed by atoms with Crippen molar-refractivity contribution >= 4 is 11.0 Å². The minimum absolute atomic E-state index is 0. The van der Waals surface area contributed by atoms with Gasteiger partial charge in [0.15, 0.2) is 11.0 Å². The lowest BCUT2D eigenvalue weighted by Gasteiger charge is -2.03. The second-order valence-corrected chi connectivity index (χ2v) is 4.89. The number of fused-ring (bicyclic) bond motifs is 1. The van der Waals surface area contributed by atoms with Crippen LogP contribution in [0.1, 0.15) is 6.92 Å². The monoisotopic (exact) mass is 302 g/mol. The summed E-state index contributed by atoms with van der Waals surface area (Å²) in [6.45, 7) is 2.69. The molecule has 0 saturated carbocycles. The van der Waals surface area contributed by atoms with Crippen molar-refractivity contribution in [1.82, 2.24) is 4.57 Å². The number of para-hydroxylation sites is 2. The molecule has 0 aliphatic carbocycles. The number of hydrogen-bond donors (Lipinski definition) is 0. The first-order valence-electron chi connectivity index (χ1n) is 6.89. The van der Waals surface area contributed by atoms with Crippen LogP contribution in [-0.2, 0) is 14.1 Å². The van der Waals surface area contributed by atoms with Crippen LogP contribution < -0.4 is 21.7 Å². The minimum atomic E-state index is 0. The number of rotatable bonds is 3. The first kappa shape index (κ1) is 15.4. The summed E-state index contributed by atoms with van der Waals surface area (Å²) < 4.78 is 9.96. The fourth-order valence-corrected chi connectivity index (χ4v) is 2.74. The van der Waals surface area contributed by atoms with Crippen molar-refractivity contribution in [2.45, 2.75) is 6.92 Å². The lowest BCUT2D eigenvalue weighted by atomic mass is 10.2. The molecule has 1 heterocycles. The van der Waals surface area contributed by atoms with Gasteiger partial charge >= 0.3 is 0 Å². The molecule has 0 aliphatic rings. The standard InChI is InChI=1S/C17H19N2O.ClH/c1-4-20-14-11-9-13(10-12-14)17-18(2)15-7-5-6-8-16(15)19(17)3;/h5-12H,4H2,1-3H3;1H/q+1;/p-1. The molecule has 0 unspecified atom stereocenters. The first-order valence-corrected chi connectivity index (χ1v) is 6.89. The summed E-state index contributed by atoms with van der Waals surface area (Å²) in [5.74, 6) is 2.10. The first-order chi connectivity index (χ1) is 9.72. The van der Waals surface area contributed by atoms with Gasteiger partial charge in [0.25, 0.3) is 5.82 Å². The summed E-state index contributed by atoms with van der Waals surface area (Å²) in [6, 6.07) is 16.7. The number of halogens is 1. The SMILES string of the molecule is CCOc1ccc(-c2n(C)c3ccccc3[n+]2C)cc1.[Cl-]. The molecular weight excluding hydrogens is 284 g/mol. The lowest BCUT2D eigenvalue weighted by Crippen LogP contribution is -3.00. The van der Waals surface area contributed by atoms with Crippen molar-refractivity contribution in [1.29, 1.82) is 0 Å². The van der Waals surface area contributed by atoms with E-state index in [2.05, 4.69) is 59.6 Å². The normalized spacial score (nSPS) is 10.4. The topological polar surface area (TPSA) is 18.0 Å². The summed E-state index contributed by atoms with van der Waals surface area (Å²) in [5, 5.41) is 0. The van der Waals surface area contributed by atoms with Crippen molar-refractivity contribution in [3.63, 3.8) is 0 Å². The number of aromatic nitrogens is 2. The molecule has 0 spiro atoms. The maximum atomic E-state index is 5.50. The third kappa shape index (κ3) is 2.61. The molecule has 0 saturated heterocycles. The number of hydrogen-bond acceptors (Lipinski definition) is 1. The highest BCUT2D eigenvalue weighted by Gasteiger charge is 2.20. The van der Waals surface area contributed by atoms with Crippen LogP contribution in [0.3, 0.4) is 0 Å². The molecule has 0 amide bonds. The van der Waals surface area contributed by atoms with Gasteiger partial charge in [-0.05, 0) is 43.3 Å². The van der Waals surface area contributed by atoms with Gasteiger partial charge in [0.1, 0.15) is 5.75 Å². The Kier molecular flexibility index (Phi) is 4.53. The second kappa shape index (κ2) is 6.19. The van der Waals surface area contributed by atoms with Gasteiger partial charge in [-0.2, -0.15) is 0 Å². The largest absolute Gasteiger partial charge is 1.00 e. The van der Waals surface area contributed by atoms with Crippen LogP contribution in [-0.4, -0.2) is 11.2 Å². The van der Waals surface area contributed by atoms with E-state index in [1.807, 2.05) is 19.1 Å². The van der Waals surface area contributed by atoms with Crippen LogP contribution in [0.25, 0.3) is 22.4 Å². The van der Waals surface area contributed by atoms with E-state index in [-0.39, 0.29) is 12.4 Å². The Morgan fingerprint density at radius 3 is 2.33 bits per heavy atom. The molecule has 0 N–H and O–H groups in total. The van der Waals surface area contributed by atoms with E-state index in [9.17, 15) is 0 Å². The van der Waals surface area contributed by atoms with Gasteiger partial charge in [-0.3, -0.25) is 0 Å². The number of imidazole rings is 1. The van der Waals surface area contributed by atoms with Crippen molar-refractivity contribution in [3.05, 3.63) is 48.5 Å². The number of aryl methyl sites for hydroxylation is 2. The molecule has 3 aromatic rings. The summed E-state index contributed by atoms with van der Waals surface area (Å²) >= 11 is 0. The third-order valence-electron chi connectivity index (χ3n) is 3.66. The zero-order valence-corrected chi connectivity index (χ0v) is 13.3. The van der Waals surface area contributed by atoms with Crippen LogP contribution in [0.2, 0.25) is 0 Å². The van der Waals surface area contributed by atoms with E-state index < -0.39 is 0 Å². The average Bonchev–Trinajstić information content (AvgIpc) is 2.73. The van der Waals surface area contributed by atoms with Crippen molar-refractivity contribution in [2.75, 3.05) is 6.61 Å². The van der Waals surface area contributed by atoms with Crippen LogP contribution in [0.5, 0.6) is 5.75 Å². The Morgan fingerprint density at radius 2 is 1.71 bits per heavy atom. The summed E-state index contributed by atoms with van der Waals surface area (Å²) in [7, 11) is 4.21. The summed E-state index contributed by atoms with van der Waals surface area (Å²) in [4.78, 5) is 0. The fourth-order valence-electron chi connectivity index (χ4n) is 2.74. The predicted octanol–water partition coefficient (Wildman–Crippen LogP) is 0.0725. The van der Waals surface area contributed by atoms with E-state index in [1.165, 1.54) is 22.4 Å². The fraction of sp³-hybridized carbons (Fsp3) is 0.235. The molecule has 1 aromatic heterocycles. The van der Waals surface area contributed by atoms with Crippen LogP contribution in [0.15, 0.2) is 48.5 Å². The Labute approximate surface area is 131 Å². The van der Waals surface area contributed by atoms with E-state index in [1.54, 1.807) is 0 Å². The van der Waals surface area contributed by atoms with E-state index in [0.29, 0.717) is 6.61 Å². The van der Waals surface area contributed by atoms with Gasteiger partial charge in [-0.25, -0.2) is 9.13 Å². The minimum Gasteiger partial charge on any atom is -1.00 e. The van der Waals surface area contributed by atoms with Gasteiger partial charge in [-0.1, -0.05) is 12.1 Å². The molecule has 110 valence electrons. The Balaban J connectivity index is 0.00000161. The Bertz CT molecular complexity index is 708. The second-order valence-electron chi connectivity index (χ2n) is 4.89. The van der Waals surface area contributed by atoms with Gasteiger partial charge in [0.05, 0.1) is 26.3 Å². The molecular formula is C17H19ClN2O. The predicted molar refractivity (Wildman–Crippen MR) is 80.7 cm³/mol. The molecule has 0 bridgehead atoms. The molecule has 21 heavy (non-hydrogen) atoms. The van der Waals surface area contributed by atoms with Crippen molar-refractivity contribution in [3.8, 4) is 17.1 Å². The maximum Gasteiger partial charge on any atom is 0.289 e. The van der Waals surface area contributed by atoms with Crippen LogP contribution >= 0.6 is 0 Å². The van der Waals surface area contributed by atoms with Gasteiger partial charge < -0.3 is 17.1 Å².